The van der Waals surface area contributed by atoms with Crippen molar-refractivity contribution in [2.24, 2.45) is 11.1 Å². The van der Waals surface area contributed by atoms with Crippen LogP contribution in [0.4, 0.5) is 8.78 Å². The van der Waals surface area contributed by atoms with E-state index >= 15 is 0 Å². The molecule has 1 aromatic heterocycles. The molecule has 11 heteroatoms. The third kappa shape index (κ3) is 3.48. The Morgan fingerprint density at radius 2 is 2.06 bits per heavy atom. The van der Waals surface area contributed by atoms with Gasteiger partial charge in [0, 0.05) is 42.9 Å². The third-order valence-electron chi connectivity index (χ3n) is 7.85. The smallest absolute Gasteiger partial charge is 0.274 e. The Kier molecular flexibility index (Phi) is 5.60. The summed E-state index contributed by atoms with van der Waals surface area (Å²) in [6, 6.07) is 2.25. The van der Waals surface area contributed by atoms with E-state index in [-0.39, 0.29) is 36.3 Å². The Bertz CT molecular complexity index is 1370. The van der Waals surface area contributed by atoms with Crippen molar-refractivity contribution < 1.29 is 28.3 Å². The molecule has 1 aromatic carbocycles. The number of carbonyl (C=O) groups is 2. The number of fused-ring (bicyclic) bond motifs is 5. The molecule has 5 rings (SSSR count). The van der Waals surface area contributed by atoms with Crippen LogP contribution in [0.2, 0.25) is 0 Å². The molecule has 0 unspecified atom stereocenters. The molecule has 1 saturated heterocycles. The highest BCUT2D eigenvalue weighted by molar-refractivity contribution is 5.99. The molecule has 0 radical (unpaired) electrons. The van der Waals surface area contributed by atoms with Crippen LogP contribution >= 0.6 is 0 Å². The summed E-state index contributed by atoms with van der Waals surface area (Å²) in [4.78, 5) is 46.9. The number of aromatic nitrogens is 1. The second-order valence-electron chi connectivity index (χ2n) is 9.76. The van der Waals surface area contributed by atoms with Gasteiger partial charge in [0.05, 0.1) is 11.8 Å². The first-order valence-corrected chi connectivity index (χ1v) is 11.8. The van der Waals surface area contributed by atoms with E-state index in [0.717, 1.165) is 11.8 Å². The molecule has 3 aliphatic rings. The Labute approximate surface area is 205 Å². The van der Waals surface area contributed by atoms with Crippen molar-refractivity contribution >= 4 is 17.5 Å². The first kappa shape index (κ1) is 24.0. The first-order valence-electron chi connectivity index (χ1n) is 11.8. The van der Waals surface area contributed by atoms with Crippen LogP contribution in [0.25, 0.3) is 0 Å². The second-order valence-corrected chi connectivity index (χ2v) is 9.76. The monoisotopic (exact) mass is 500 g/mol. The number of nitrogens with zero attached hydrogens (tertiary/aromatic N) is 3. The van der Waals surface area contributed by atoms with Crippen LogP contribution in [-0.4, -0.2) is 50.3 Å². The fraction of sp³-hybridized carbons (Fsp3) is 0.440. The summed E-state index contributed by atoms with van der Waals surface area (Å²) in [5, 5.41) is 17.5. The zero-order chi connectivity index (χ0) is 25.9. The number of rotatable bonds is 3. The highest BCUT2D eigenvalue weighted by Crippen LogP contribution is 2.48. The number of hydrogen-bond donors (Lipinski definition) is 2. The van der Waals surface area contributed by atoms with Gasteiger partial charge < -0.3 is 24.7 Å². The molecular formula is C25H26F2N4O5. The van der Waals surface area contributed by atoms with E-state index in [1.165, 1.54) is 16.8 Å². The molecule has 2 aromatic rings. The van der Waals surface area contributed by atoms with Crippen LogP contribution in [0.3, 0.4) is 0 Å². The largest absolute Gasteiger partial charge is 0.503 e. The van der Waals surface area contributed by atoms with Gasteiger partial charge in [-0.3, -0.25) is 14.4 Å². The average Bonchev–Trinajstić information content (AvgIpc) is 3.05. The topological polar surface area (TPSA) is 113 Å². The number of pyridine rings is 1. The number of nitrogens with one attached hydrogen (secondary N) is 1. The van der Waals surface area contributed by atoms with Gasteiger partial charge in [0.1, 0.15) is 17.2 Å². The molecule has 0 aliphatic carbocycles. The van der Waals surface area contributed by atoms with E-state index in [4.69, 9.17) is 4.84 Å². The van der Waals surface area contributed by atoms with Crippen molar-refractivity contribution in [3.63, 3.8) is 0 Å². The highest BCUT2D eigenvalue weighted by atomic mass is 19.1. The fourth-order valence-electron chi connectivity index (χ4n) is 5.48. The van der Waals surface area contributed by atoms with Crippen molar-refractivity contribution in [3.8, 4) is 5.75 Å². The minimum Gasteiger partial charge on any atom is -0.503 e. The van der Waals surface area contributed by atoms with E-state index in [0.29, 0.717) is 18.9 Å². The highest BCUT2D eigenvalue weighted by Gasteiger charge is 2.57. The molecule has 190 valence electrons. The van der Waals surface area contributed by atoms with Gasteiger partial charge in [-0.1, -0.05) is 18.1 Å². The number of oxime groups is 1. The van der Waals surface area contributed by atoms with E-state index in [9.17, 15) is 28.3 Å². The predicted octanol–water partition coefficient (Wildman–Crippen LogP) is 2.72. The first-order chi connectivity index (χ1) is 17.0. The lowest BCUT2D eigenvalue weighted by Crippen LogP contribution is -2.54. The number of benzene rings is 1. The van der Waals surface area contributed by atoms with Gasteiger partial charge >= 0.3 is 0 Å². The lowest BCUT2D eigenvalue weighted by Gasteiger charge is -2.43. The van der Waals surface area contributed by atoms with E-state index in [2.05, 4.69) is 10.5 Å². The molecule has 2 N–H and O–H groups in total. The van der Waals surface area contributed by atoms with Crippen LogP contribution in [-0.2, 0) is 11.4 Å². The Hall–Kier alpha value is -3.76. The van der Waals surface area contributed by atoms with E-state index in [1.54, 1.807) is 4.90 Å². The Morgan fingerprint density at radius 1 is 1.31 bits per heavy atom. The standard InChI is InChI=1S/C25H26F2N4O5/c1-12-6-7-25(13(2)14(3)29-36-25)19-11-30(12)24(35)20-22(33)21(32)17(10-31(19)20)23(34)28-9-15-4-5-16(26)8-18(15)27/h4-5,8,10,12-13,19,33H,6-7,9,11H2,1-3H3,(H,28,34)/t12-,13-,19+,25-/m0/s1. The minimum absolute atomic E-state index is 0.0235. The number of amides is 2. The zero-order valence-corrected chi connectivity index (χ0v) is 20.0. The summed E-state index contributed by atoms with van der Waals surface area (Å²) in [7, 11) is 0. The van der Waals surface area contributed by atoms with Crippen molar-refractivity contribution in [1.29, 1.82) is 0 Å². The molecule has 3 aliphatic heterocycles. The molecule has 2 amide bonds. The number of aromatic hydroxyl groups is 1. The maximum Gasteiger partial charge on any atom is 0.274 e. The van der Waals surface area contributed by atoms with Crippen molar-refractivity contribution in [3.05, 3.63) is 63.1 Å². The molecule has 36 heavy (non-hydrogen) atoms. The van der Waals surface area contributed by atoms with Gasteiger partial charge in [-0.05, 0) is 32.8 Å². The van der Waals surface area contributed by atoms with Gasteiger partial charge in [0.15, 0.2) is 17.0 Å². The summed E-state index contributed by atoms with van der Waals surface area (Å²) >= 11 is 0. The quantitative estimate of drug-likeness (QED) is 0.673. The predicted molar refractivity (Wildman–Crippen MR) is 125 cm³/mol. The van der Waals surface area contributed by atoms with Crippen LogP contribution < -0.4 is 10.7 Å². The van der Waals surface area contributed by atoms with E-state index in [1.807, 2.05) is 20.8 Å². The normalized spacial score (nSPS) is 26.8. The summed E-state index contributed by atoms with van der Waals surface area (Å²) in [5.41, 5.74) is -1.65. The number of hydrogen-bond acceptors (Lipinski definition) is 6. The number of halogens is 2. The Balaban J connectivity index is 1.57. The zero-order valence-electron chi connectivity index (χ0n) is 20.0. The van der Waals surface area contributed by atoms with Crippen molar-refractivity contribution in [1.82, 2.24) is 14.8 Å². The molecule has 4 atom stereocenters. The molecule has 4 heterocycles. The summed E-state index contributed by atoms with van der Waals surface area (Å²) < 4.78 is 28.6. The SMILES string of the molecule is CC1=NO[C@@]2(CC[C@H](C)N3C[C@H]2n2cc(C(=O)NCc4ccc(F)cc4F)c(=O)c(O)c2C3=O)[C@H]1C. The van der Waals surface area contributed by atoms with Gasteiger partial charge in [-0.2, -0.15) is 0 Å². The van der Waals surface area contributed by atoms with Crippen molar-refractivity contribution in [2.75, 3.05) is 6.54 Å². The maximum absolute atomic E-state index is 14.0. The van der Waals surface area contributed by atoms with Crippen LogP contribution in [0.1, 0.15) is 66.1 Å². The van der Waals surface area contributed by atoms with Gasteiger partial charge in [-0.25, -0.2) is 8.78 Å². The fourth-order valence-corrected chi connectivity index (χ4v) is 5.48. The van der Waals surface area contributed by atoms with Gasteiger partial charge in [0.25, 0.3) is 11.8 Å². The lowest BCUT2D eigenvalue weighted by molar-refractivity contribution is -0.0864. The maximum atomic E-state index is 14.0. The van der Waals surface area contributed by atoms with Gasteiger partial charge in [0.2, 0.25) is 5.43 Å². The lowest BCUT2D eigenvalue weighted by atomic mass is 9.76. The third-order valence-corrected chi connectivity index (χ3v) is 7.85. The molecule has 2 bridgehead atoms. The molecule has 0 saturated carbocycles. The van der Waals surface area contributed by atoms with Crippen LogP contribution in [0.5, 0.6) is 5.75 Å². The van der Waals surface area contributed by atoms with Crippen LogP contribution in [0.15, 0.2) is 34.3 Å². The summed E-state index contributed by atoms with van der Waals surface area (Å²) in [6.45, 7) is 5.69. The molecule has 1 spiro atoms. The van der Waals surface area contributed by atoms with Gasteiger partial charge in [-0.15, -0.1) is 0 Å². The molecule has 1 fully saturated rings. The minimum atomic E-state index is -1.01. The summed E-state index contributed by atoms with van der Waals surface area (Å²) in [6.07, 6.45) is 2.46. The second kappa shape index (κ2) is 8.42. The molecule has 9 nitrogen and oxygen atoms in total. The Morgan fingerprint density at radius 3 is 2.72 bits per heavy atom. The average molecular weight is 501 g/mol. The summed E-state index contributed by atoms with van der Waals surface area (Å²) in [5.74, 6) is -3.92. The number of carbonyl (C=O) groups excluding carboxylic acids is 2. The van der Waals surface area contributed by atoms with Crippen LogP contribution in [0, 0.1) is 17.6 Å². The molecular weight excluding hydrogens is 474 g/mol. The van der Waals surface area contributed by atoms with Crippen molar-refractivity contribution in [2.45, 2.75) is 57.8 Å². The van der Waals surface area contributed by atoms with E-state index < -0.39 is 51.8 Å².